The van der Waals surface area contributed by atoms with E-state index in [1.165, 1.54) is 0 Å². The molecule has 0 aliphatic carbocycles. The van der Waals surface area contributed by atoms with Gasteiger partial charge in [0.15, 0.2) is 5.65 Å². The maximum Gasteiger partial charge on any atom is 0.256 e. The van der Waals surface area contributed by atoms with Gasteiger partial charge < -0.3 is 23.8 Å². The van der Waals surface area contributed by atoms with Gasteiger partial charge in [0, 0.05) is 33.2 Å². The Bertz CT molecular complexity index is 747. The molecular weight excluding hydrogens is 310 g/mol. The second-order valence-corrected chi connectivity index (χ2v) is 6.06. The second kappa shape index (κ2) is 6.37. The predicted molar refractivity (Wildman–Crippen MR) is 88.3 cm³/mol. The summed E-state index contributed by atoms with van der Waals surface area (Å²) in [6.45, 7) is 5.31. The lowest BCUT2D eigenvalue weighted by Crippen LogP contribution is -2.41. The van der Waals surface area contributed by atoms with E-state index >= 15 is 0 Å². The lowest BCUT2D eigenvalue weighted by molar-refractivity contribution is 0.0304. The number of anilines is 1. The van der Waals surface area contributed by atoms with Crippen LogP contribution in [0, 0.1) is 0 Å². The molecule has 0 unspecified atom stereocenters. The van der Waals surface area contributed by atoms with E-state index in [1.807, 2.05) is 22.6 Å². The third kappa shape index (κ3) is 2.71. The molecule has 0 spiro atoms. The molecular formula is C16H21N5O3. The maximum atomic E-state index is 13.1. The number of carbonyl (C=O) groups is 1. The van der Waals surface area contributed by atoms with E-state index in [1.54, 1.807) is 6.33 Å². The highest BCUT2D eigenvalue weighted by Gasteiger charge is 2.25. The molecule has 8 heteroatoms. The normalized spacial score (nSPS) is 19.0. The predicted octanol–water partition coefficient (Wildman–Crippen LogP) is 0.277. The van der Waals surface area contributed by atoms with Crippen molar-refractivity contribution in [3.8, 4) is 0 Å². The summed E-state index contributed by atoms with van der Waals surface area (Å²) in [5.74, 6) is 0.810. The fourth-order valence-corrected chi connectivity index (χ4v) is 3.20. The largest absolute Gasteiger partial charge is 0.378 e. The first-order valence-corrected chi connectivity index (χ1v) is 8.26. The highest BCUT2D eigenvalue weighted by atomic mass is 16.5. The number of carbonyl (C=O) groups excluding carboxylic acids is 1. The van der Waals surface area contributed by atoms with Gasteiger partial charge in [-0.1, -0.05) is 0 Å². The highest BCUT2D eigenvalue weighted by molar-refractivity contribution is 6.05. The van der Waals surface area contributed by atoms with Crippen molar-refractivity contribution in [1.82, 2.24) is 19.4 Å². The molecule has 4 heterocycles. The summed E-state index contributed by atoms with van der Waals surface area (Å²) in [4.78, 5) is 26.1. The minimum atomic E-state index is 0.0174. The quantitative estimate of drug-likeness (QED) is 0.787. The third-order valence-electron chi connectivity index (χ3n) is 4.53. The Morgan fingerprint density at radius 3 is 2.46 bits per heavy atom. The van der Waals surface area contributed by atoms with E-state index in [4.69, 9.17) is 9.47 Å². The second-order valence-electron chi connectivity index (χ2n) is 6.06. The van der Waals surface area contributed by atoms with E-state index in [0.717, 1.165) is 24.4 Å². The molecule has 2 aliphatic heterocycles. The Kier molecular flexibility index (Phi) is 4.07. The number of morpholine rings is 2. The number of hydrogen-bond acceptors (Lipinski definition) is 6. The number of pyridine rings is 1. The fraction of sp³-hybridized carbons (Fsp3) is 0.562. The summed E-state index contributed by atoms with van der Waals surface area (Å²) >= 11 is 0. The average Bonchev–Trinajstić information content (AvgIpc) is 3.03. The molecule has 2 aromatic rings. The van der Waals surface area contributed by atoms with Crippen LogP contribution >= 0.6 is 0 Å². The summed E-state index contributed by atoms with van der Waals surface area (Å²) in [6.07, 6.45) is 1.71. The number of amides is 1. The van der Waals surface area contributed by atoms with Crippen molar-refractivity contribution in [2.45, 2.75) is 0 Å². The van der Waals surface area contributed by atoms with Gasteiger partial charge in [-0.3, -0.25) is 4.79 Å². The van der Waals surface area contributed by atoms with Crippen LogP contribution < -0.4 is 4.90 Å². The zero-order valence-corrected chi connectivity index (χ0v) is 13.8. The van der Waals surface area contributed by atoms with Gasteiger partial charge in [0.05, 0.1) is 38.3 Å². The van der Waals surface area contributed by atoms with Gasteiger partial charge in [0.2, 0.25) is 0 Å². The molecule has 128 valence electrons. The smallest absolute Gasteiger partial charge is 0.256 e. The Morgan fingerprint density at radius 2 is 1.75 bits per heavy atom. The molecule has 0 atom stereocenters. The molecule has 2 saturated heterocycles. The van der Waals surface area contributed by atoms with Gasteiger partial charge in [0.1, 0.15) is 11.3 Å². The topological polar surface area (TPSA) is 72.7 Å². The summed E-state index contributed by atoms with van der Waals surface area (Å²) in [6, 6.07) is 1.90. The average molecular weight is 331 g/mol. The summed E-state index contributed by atoms with van der Waals surface area (Å²) < 4.78 is 12.6. The molecule has 1 amide bonds. The Balaban J connectivity index is 1.76. The molecule has 2 fully saturated rings. The molecule has 0 aromatic carbocycles. The van der Waals surface area contributed by atoms with Gasteiger partial charge in [-0.25, -0.2) is 9.97 Å². The van der Waals surface area contributed by atoms with E-state index in [2.05, 4.69) is 14.9 Å². The number of aryl methyl sites for hydroxylation is 1. The molecule has 8 nitrogen and oxygen atoms in total. The van der Waals surface area contributed by atoms with Gasteiger partial charge in [-0.2, -0.15) is 0 Å². The zero-order chi connectivity index (χ0) is 16.5. The molecule has 24 heavy (non-hydrogen) atoms. The number of hydrogen-bond donors (Lipinski definition) is 0. The SMILES string of the molecule is Cn1cnc2nc(N3CCOCC3)cc(C(=O)N3CCOCC3)c21. The molecule has 2 aromatic heterocycles. The van der Waals surface area contributed by atoms with E-state index in [0.29, 0.717) is 50.7 Å². The van der Waals surface area contributed by atoms with Gasteiger partial charge >= 0.3 is 0 Å². The van der Waals surface area contributed by atoms with Crippen LogP contribution in [-0.4, -0.2) is 77.9 Å². The van der Waals surface area contributed by atoms with Crippen molar-refractivity contribution in [2.75, 3.05) is 57.5 Å². The standard InChI is InChI=1S/C16H21N5O3/c1-19-11-17-15-14(19)12(16(22)21-4-8-24-9-5-21)10-13(18-15)20-2-6-23-7-3-20/h10-11H,2-9H2,1H3. The van der Waals surface area contributed by atoms with Crippen molar-refractivity contribution in [1.29, 1.82) is 0 Å². The number of rotatable bonds is 2. The van der Waals surface area contributed by atoms with Crippen LogP contribution in [0.4, 0.5) is 5.82 Å². The van der Waals surface area contributed by atoms with E-state index in [-0.39, 0.29) is 5.91 Å². The summed E-state index contributed by atoms with van der Waals surface area (Å²) in [5, 5.41) is 0. The van der Waals surface area contributed by atoms with Gasteiger partial charge in [-0.05, 0) is 6.07 Å². The van der Waals surface area contributed by atoms with Crippen LogP contribution in [0.3, 0.4) is 0 Å². The Labute approximate surface area is 140 Å². The number of fused-ring (bicyclic) bond motifs is 1. The minimum Gasteiger partial charge on any atom is -0.378 e. The number of imidazole rings is 1. The lowest BCUT2D eigenvalue weighted by atomic mass is 10.1. The van der Waals surface area contributed by atoms with Crippen LogP contribution in [0.2, 0.25) is 0 Å². The Morgan fingerprint density at radius 1 is 1.08 bits per heavy atom. The summed E-state index contributed by atoms with van der Waals surface area (Å²) in [5.41, 5.74) is 2.05. The van der Waals surface area contributed by atoms with Gasteiger partial charge in [-0.15, -0.1) is 0 Å². The number of ether oxygens (including phenoxy) is 2. The molecule has 0 saturated carbocycles. The molecule has 0 bridgehead atoms. The Hall–Kier alpha value is -2.19. The van der Waals surface area contributed by atoms with Crippen LogP contribution in [-0.2, 0) is 16.5 Å². The summed E-state index contributed by atoms with van der Waals surface area (Å²) in [7, 11) is 1.89. The van der Waals surface area contributed by atoms with Crippen LogP contribution in [0.25, 0.3) is 11.2 Å². The first-order valence-electron chi connectivity index (χ1n) is 8.26. The van der Waals surface area contributed by atoms with Crippen molar-refractivity contribution >= 4 is 22.9 Å². The third-order valence-corrected chi connectivity index (χ3v) is 4.53. The number of nitrogens with zero attached hydrogens (tertiary/aromatic N) is 5. The van der Waals surface area contributed by atoms with Crippen molar-refractivity contribution in [2.24, 2.45) is 7.05 Å². The van der Waals surface area contributed by atoms with Crippen molar-refractivity contribution in [3.05, 3.63) is 18.0 Å². The van der Waals surface area contributed by atoms with Crippen LogP contribution in [0.5, 0.6) is 0 Å². The fourth-order valence-electron chi connectivity index (χ4n) is 3.20. The van der Waals surface area contributed by atoms with E-state index in [9.17, 15) is 4.79 Å². The monoisotopic (exact) mass is 331 g/mol. The first kappa shape index (κ1) is 15.3. The molecule has 0 N–H and O–H groups in total. The van der Waals surface area contributed by atoms with Crippen molar-refractivity contribution < 1.29 is 14.3 Å². The van der Waals surface area contributed by atoms with Crippen LogP contribution in [0.15, 0.2) is 12.4 Å². The highest BCUT2D eigenvalue weighted by Crippen LogP contribution is 2.24. The number of aromatic nitrogens is 3. The lowest BCUT2D eigenvalue weighted by Gasteiger charge is -2.29. The molecule has 2 aliphatic rings. The maximum absolute atomic E-state index is 13.1. The first-order chi connectivity index (χ1) is 11.7. The van der Waals surface area contributed by atoms with Crippen LogP contribution in [0.1, 0.15) is 10.4 Å². The van der Waals surface area contributed by atoms with Crippen molar-refractivity contribution in [3.63, 3.8) is 0 Å². The molecule has 0 radical (unpaired) electrons. The minimum absolute atomic E-state index is 0.0174. The van der Waals surface area contributed by atoms with E-state index < -0.39 is 0 Å². The molecule has 4 rings (SSSR count). The van der Waals surface area contributed by atoms with Gasteiger partial charge in [0.25, 0.3) is 5.91 Å². The zero-order valence-electron chi connectivity index (χ0n) is 13.8.